The molecular formula is C27H31NO11. The Hall–Kier alpha value is -3.68. The third-order valence-corrected chi connectivity index (χ3v) is 6.42. The van der Waals surface area contributed by atoms with Crippen LogP contribution in [0, 0.1) is 0 Å². The molecule has 210 valence electrons. The minimum atomic E-state index is -1.62. The van der Waals surface area contributed by atoms with Gasteiger partial charge in [0.1, 0.15) is 65.5 Å². The van der Waals surface area contributed by atoms with Crippen molar-refractivity contribution in [1.82, 2.24) is 0 Å². The fourth-order valence-electron chi connectivity index (χ4n) is 4.25. The van der Waals surface area contributed by atoms with Crippen LogP contribution in [0.4, 0.5) is 0 Å². The molecule has 1 aliphatic rings. The van der Waals surface area contributed by atoms with Gasteiger partial charge in [0, 0.05) is 18.6 Å². The number of rotatable bonds is 10. The molecule has 1 aromatic heterocycles. The lowest BCUT2D eigenvalue weighted by molar-refractivity contribution is -0.278. The number of aromatic hydroxyl groups is 2. The van der Waals surface area contributed by atoms with E-state index in [0.29, 0.717) is 18.5 Å². The van der Waals surface area contributed by atoms with E-state index in [2.05, 4.69) is 0 Å². The summed E-state index contributed by atoms with van der Waals surface area (Å²) in [6, 6.07) is 8.30. The number of esters is 1. The topological polar surface area (TPSA) is 202 Å². The average molecular weight is 546 g/mol. The number of hydrogen-bond donors (Lipinski definition) is 6. The van der Waals surface area contributed by atoms with E-state index in [1.54, 1.807) is 0 Å². The summed E-state index contributed by atoms with van der Waals surface area (Å²) in [5.74, 6) is -0.947. The van der Waals surface area contributed by atoms with Crippen LogP contribution in [0.1, 0.15) is 25.7 Å². The highest BCUT2D eigenvalue weighted by atomic mass is 16.7. The number of nitrogens with two attached hydrogens (primary N) is 1. The predicted octanol–water partition coefficient (Wildman–Crippen LogP) is 1.12. The number of phenols is 2. The fraction of sp³-hybridized carbons (Fsp3) is 0.407. The number of phenolic OH excluding ortho intramolecular Hbond substituents is 2. The van der Waals surface area contributed by atoms with E-state index in [-0.39, 0.29) is 41.1 Å². The molecule has 0 radical (unpaired) electrons. The van der Waals surface area contributed by atoms with Crippen LogP contribution in [-0.2, 0) is 14.3 Å². The number of ether oxygens (including phenoxy) is 3. The fourth-order valence-corrected chi connectivity index (χ4v) is 4.25. The lowest BCUT2D eigenvalue weighted by Crippen LogP contribution is -2.60. The molecule has 2 heterocycles. The Morgan fingerprint density at radius 3 is 2.44 bits per heavy atom. The van der Waals surface area contributed by atoms with Gasteiger partial charge in [-0.25, -0.2) is 0 Å². The van der Waals surface area contributed by atoms with E-state index in [0.717, 1.165) is 18.9 Å². The van der Waals surface area contributed by atoms with Crippen molar-refractivity contribution in [3.8, 4) is 28.4 Å². The Morgan fingerprint density at radius 1 is 0.974 bits per heavy atom. The van der Waals surface area contributed by atoms with Gasteiger partial charge >= 0.3 is 5.97 Å². The summed E-state index contributed by atoms with van der Waals surface area (Å²) in [6.07, 6.45) is -3.70. The van der Waals surface area contributed by atoms with E-state index in [4.69, 9.17) is 24.4 Å². The molecular weight excluding hydrogens is 514 g/mol. The summed E-state index contributed by atoms with van der Waals surface area (Å²) in [5, 5.41) is 50.6. The smallest absolute Gasteiger partial charge is 0.305 e. The number of aliphatic hydroxyl groups excluding tert-OH is 3. The van der Waals surface area contributed by atoms with Gasteiger partial charge in [-0.2, -0.15) is 0 Å². The second-order valence-electron chi connectivity index (χ2n) is 9.26. The van der Waals surface area contributed by atoms with Crippen LogP contribution < -0.4 is 15.9 Å². The number of carbonyl (C=O) groups is 1. The van der Waals surface area contributed by atoms with Crippen molar-refractivity contribution in [1.29, 1.82) is 0 Å². The van der Waals surface area contributed by atoms with Gasteiger partial charge in [-0.3, -0.25) is 9.59 Å². The van der Waals surface area contributed by atoms with Gasteiger partial charge in [0.25, 0.3) is 0 Å². The summed E-state index contributed by atoms with van der Waals surface area (Å²) >= 11 is 0. The summed E-state index contributed by atoms with van der Waals surface area (Å²) in [4.78, 5) is 24.9. The maximum Gasteiger partial charge on any atom is 0.305 e. The quantitative estimate of drug-likeness (QED) is 0.157. The van der Waals surface area contributed by atoms with E-state index >= 15 is 0 Å². The Morgan fingerprint density at radius 2 is 1.72 bits per heavy atom. The normalized spacial score (nSPS) is 23.0. The molecule has 0 bridgehead atoms. The zero-order valence-electron chi connectivity index (χ0n) is 20.9. The Bertz CT molecular complexity index is 1340. The molecule has 4 rings (SSSR count). The SMILES string of the molecule is NCCCCCC(=O)OC[C@@H]1O[C@H](Oc2ccc(-c3coc4cc(O)cc(O)c4c3=O)cc2)[C@@H](O)[C@@H](O)[C@H]1O. The highest BCUT2D eigenvalue weighted by Crippen LogP contribution is 2.31. The van der Waals surface area contributed by atoms with E-state index < -0.39 is 47.9 Å². The Kier molecular flexibility index (Phi) is 9.04. The lowest BCUT2D eigenvalue weighted by Gasteiger charge is -2.39. The maximum atomic E-state index is 12.9. The lowest BCUT2D eigenvalue weighted by atomic mass is 9.99. The molecule has 0 unspecified atom stereocenters. The second-order valence-corrected chi connectivity index (χ2v) is 9.26. The van der Waals surface area contributed by atoms with Crippen molar-refractivity contribution in [2.24, 2.45) is 5.73 Å². The highest BCUT2D eigenvalue weighted by Gasteiger charge is 2.45. The number of aliphatic hydroxyl groups is 3. The van der Waals surface area contributed by atoms with E-state index in [1.807, 2.05) is 0 Å². The van der Waals surface area contributed by atoms with Gasteiger partial charge in [-0.1, -0.05) is 18.6 Å². The predicted molar refractivity (Wildman–Crippen MR) is 137 cm³/mol. The minimum Gasteiger partial charge on any atom is -0.508 e. The van der Waals surface area contributed by atoms with Crippen molar-refractivity contribution in [2.45, 2.75) is 56.4 Å². The van der Waals surface area contributed by atoms with Gasteiger partial charge in [-0.05, 0) is 37.1 Å². The van der Waals surface area contributed by atoms with Crippen LogP contribution in [0.3, 0.4) is 0 Å². The maximum absolute atomic E-state index is 12.9. The number of carbonyl (C=O) groups excluding carboxylic acids is 1. The Balaban J connectivity index is 1.42. The van der Waals surface area contributed by atoms with Crippen LogP contribution in [0.5, 0.6) is 17.2 Å². The van der Waals surface area contributed by atoms with Gasteiger partial charge in [0.05, 0.1) is 5.56 Å². The van der Waals surface area contributed by atoms with Crippen molar-refractivity contribution in [3.63, 3.8) is 0 Å². The first-order valence-electron chi connectivity index (χ1n) is 12.5. The van der Waals surface area contributed by atoms with Crippen LogP contribution in [-0.4, -0.2) is 75.4 Å². The zero-order valence-corrected chi connectivity index (χ0v) is 20.9. The molecule has 39 heavy (non-hydrogen) atoms. The standard InChI is InChI=1S/C27H31NO11/c28-9-3-1-2-4-21(31)37-13-20-24(33)25(34)26(35)27(39-20)38-16-7-5-14(6-8-16)17-12-36-19-11-15(29)10-18(30)22(19)23(17)32/h5-8,10-12,20,24-27,29-30,33-35H,1-4,9,13,28H2/t20-,24-,25-,26-,27-/m0/s1. The number of fused-ring (bicyclic) bond motifs is 1. The molecule has 0 aliphatic carbocycles. The van der Waals surface area contributed by atoms with Gasteiger partial charge in [0.15, 0.2) is 0 Å². The summed E-state index contributed by atoms with van der Waals surface area (Å²) in [6.45, 7) is 0.193. The monoisotopic (exact) mass is 545 g/mol. The average Bonchev–Trinajstić information content (AvgIpc) is 2.91. The third-order valence-electron chi connectivity index (χ3n) is 6.42. The molecule has 2 aromatic carbocycles. The molecule has 3 aromatic rings. The van der Waals surface area contributed by atoms with Crippen LogP contribution >= 0.6 is 0 Å². The van der Waals surface area contributed by atoms with Crippen LogP contribution in [0.25, 0.3) is 22.1 Å². The first-order valence-corrected chi connectivity index (χ1v) is 12.5. The largest absolute Gasteiger partial charge is 0.508 e. The summed E-state index contributed by atoms with van der Waals surface area (Å²) in [7, 11) is 0. The molecule has 1 fully saturated rings. The minimum absolute atomic E-state index is 0.0252. The third kappa shape index (κ3) is 6.49. The van der Waals surface area contributed by atoms with Crippen LogP contribution in [0.2, 0.25) is 0 Å². The van der Waals surface area contributed by atoms with Crippen molar-refractivity contribution < 1.29 is 49.0 Å². The molecule has 12 heteroatoms. The zero-order chi connectivity index (χ0) is 28.1. The van der Waals surface area contributed by atoms with Gasteiger partial charge < -0.3 is 49.9 Å². The first-order chi connectivity index (χ1) is 18.7. The first kappa shape index (κ1) is 28.3. The van der Waals surface area contributed by atoms with Crippen molar-refractivity contribution >= 4 is 16.9 Å². The number of hydrogen-bond acceptors (Lipinski definition) is 12. The van der Waals surface area contributed by atoms with E-state index in [9.17, 15) is 35.1 Å². The molecule has 1 saturated heterocycles. The second kappa shape index (κ2) is 12.5. The van der Waals surface area contributed by atoms with Crippen molar-refractivity contribution in [3.05, 3.63) is 52.9 Å². The molecule has 0 amide bonds. The molecule has 7 N–H and O–H groups in total. The molecule has 5 atom stereocenters. The van der Waals surface area contributed by atoms with E-state index in [1.165, 1.54) is 36.6 Å². The Labute approximate surface area is 222 Å². The molecule has 0 spiro atoms. The number of benzene rings is 2. The molecule has 0 saturated carbocycles. The number of unbranched alkanes of at least 4 members (excludes halogenated alkanes) is 2. The van der Waals surface area contributed by atoms with Crippen LogP contribution in [0.15, 0.2) is 51.9 Å². The van der Waals surface area contributed by atoms with Crippen molar-refractivity contribution in [2.75, 3.05) is 13.2 Å². The summed E-state index contributed by atoms with van der Waals surface area (Å²) in [5.41, 5.74) is 5.52. The molecule has 12 nitrogen and oxygen atoms in total. The molecule has 1 aliphatic heterocycles. The van der Waals surface area contributed by atoms with Gasteiger partial charge in [0.2, 0.25) is 11.7 Å². The van der Waals surface area contributed by atoms with Gasteiger partial charge in [-0.15, -0.1) is 0 Å². The summed E-state index contributed by atoms with van der Waals surface area (Å²) < 4.78 is 21.8. The highest BCUT2D eigenvalue weighted by molar-refractivity contribution is 5.88.